The Hall–Kier alpha value is -2.77. The second-order valence-electron chi connectivity index (χ2n) is 6.41. The fraction of sp³-hybridized carbons (Fsp3) is 0.350. The molecule has 1 aromatic heterocycles. The van der Waals surface area contributed by atoms with E-state index in [1.54, 1.807) is 4.68 Å². The molecule has 0 atom stereocenters. The molecule has 0 aliphatic heterocycles. The third kappa shape index (κ3) is 5.87. The van der Waals surface area contributed by atoms with E-state index in [0.29, 0.717) is 11.8 Å². The van der Waals surface area contributed by atoms with Crippen LogP contribution in [0, 0.1) is 0 Å². The van der Waals surface area contributed by atoms with E-state index in [-0.39, 0.29) is 6.10 Å². The van der Waals surface area contributed by atoms with Gasteiger partial charge >= 0.3 is 6.01 Å². The second kappa shape index (κ2) is 9.80. The van der Waals surface area contributed by atoms with E-state index < -0.39 is 0 Å². The summed E-state index contributed by atoms with van der Waals surface area (Å²) >= 11 is 0. The third-order valence-electron chi connectivity index (χ3n) is 3.83. The van der Waals surface area contributed by atoms with Gasteiger partial charge in [0.25, 0.3) is 0 Å². The van der Waals surface area contributed by atoms with Crippen molar-refractivity contribution in [2.24, 2.45) is 0 Å². The molecule has 0 spiro atoms. The second-order valence-corrected chi connectivity index (χ2v) is 6.41. The van der Waals surface area contributed by atoms with Gasteiger partial charge in [0.15, 0.2) is 0 Å². The minimum absolute atomic E-state index is 0.284. The van der Waals surface area contributed by atoms with Crippen LogP contribution in [-0.4, -0.2) is 39.5 Å². The Morgan fingerprint density at radius 2 is 1.93 bits per heavy atom. The largest absolute Gasteiger partial charge is 0.423 e. The van der Waals surface area contributed by atoms with Gasteiger partial charge in [-0.05, 0) is 67.1 Å². The molecule has 0 amide bonds. The van der Waals surface area contributed by atoms with Crippen molar-refractivity contribution in [2.45, 2.75) is 32.9 Å². The smallest absolute Gasteiger partial charge is 0.345 e. The molecule has 0 radical (unpaired) electrons. The van der Waals surface area contributed by atoms with E-state index in [9.17, 15) is 0 Å². The molecule has 1 heterocycles. The van der Waals surface area contributed by atoms with Crippen molar-refractivity contribution in [2.75, 3.05) is 13.2 Å². The van der Waals surface area contributed by atoms with Gasteiger partial charge in [0.2, 0.25) is 0 Å². The number of para-hydroxylation sites is 1. The maximum Gasteiger partial charge on any atom is 0.345 e. The summed E-state index contributed by atoms with van der Waals surface area (Å²) in [5, 5.41) is 15.1. The first-order valence-electron chi connectivity index (χ1n) is 9.15. The van der Waals surface area contributed by atoms with Gasteiger partial charge in [0.1, 0.15) is 5.75 Å². The maximum atomic E-state index is 5.89. The Labute approximate surface area is 159 Å². The Morgan fingerprint density at radius 1 is 1.07 bits per heavy atom. The number of nitrogens with zero attached hydrogens (tertiary/aromatic N) is 4. The zero-order chi connectivity index (χ0) is 18.9. The molecule has 0 saturated carbocycles. The van der Waals surface area contributed by atoms with Crippen molar-refractivity contribution in [1.29, 1.82) is 0 Å². The van der Waals surface area contributed by atoms with Crippen LogP contribution in [0.1, 0.15) is 25.8 Å². The molecule has 2 aromatic carbocycles. The van der Waals surface area contributed by atoms with Crippen LogP contribution in [0.4, 0.5) is 0 Å². The average Bonchev–Trinajstić information content (AvgIpc) is 3.13. The van der Waals surface area contributed by atoms with Gasteiger partial charge in [0, 0.05) is 13.2 Å². The van der Waals surface area contributed by atoms with Crippen molar-refractivity contribution < 1.29 is 9.47 Å². The molecule has 27 heavy (non-hydrogen) atoms. The van der Waals surface area contributed by atoms with E-state index >= 15 is 0 Å². The van der Waals surface area contributed by atoms with Crippen LogP contribution in [0.5, 0.6) is 11.8 Å². The number of nitrogens with one attached hydrogen (secondary N) is 1. The van der Waals surface area contributed by atoms with Gasteiger partial charge in [-0.2, -0.15) is 4.68 Å². The van der Waals surface area contributed by atoms with Crippen LogP contribution in [0.3, 0.4) is 0 Å². The molecule has 0 bridgehead atoms. The Kier molecular flexibility index (Phi) is 6.90. The average molecular weight is 367 g/mol. The highest BCUT2D eigenvalue weighted by Gasteiger charge is 2.10. The standard InChI is InChI=1S/C20H25N5O2/c1-16(2)26-13-7-12-21-15-17-8-6-11-19(14-17)27-20-22-23-24-25(20)18-9-4-3-5-10-18/h3-6,8-11,14,16,21H,7,12-13,15H2,1-2H3. The molecule has 0 aliphatic carbocycles. The van der Waals surface area contributed by atoms with Gasteiger partial charge < -0.3 is 14.8 Å². The van der Waals surface area contributed by atoms with Gasteiger partial charge in [0.05, 0.1) is 11.8 Å². The summed E-state index contributed by atoms with van der Waals surface area (Å²) in [5.74, 6) is 0.699. The predicted molar refractivity (Wildman–Crippen MR) is 103 cm³/mol. The topological polar surface area (TPSA) is 74.1 Å². The number of hydrogen-bond donors (Lipinski definition) is 1. The number of rotatable bonds is 10. The first kappa shape index (κ1) is 19.0. The predicted octanol–water partition coefficient (Wildman–Crippen LogP) is 3.36. The van der Waals surface area contributed by atoms with Gasteiger partial charge in [-0.1, -0.05) is 35.4 Å². The van der Waals surface area contributed by atoms with Crippen molar-refractivity contribution >= 4 is 0 Å². The van der Waals surface area contributed by atoms with Crippen LogP contribution in [0.15, 0.2) is 54.6 Å². The van der Waals surface area contributed by atoms with Crippen molar-refractivity contribution in [1.82, 2.24) is 25.5 Å². The monoisotopic (exact) mass is 367 g/mol. The number of hydrogen-bond acceptors (Lipinski definition) is 6. The van der Waals surface area contributed by atoms with E-state index in [1.807, 2.05) is 62.4 Å². The Balaban J connectivity index is 1.55. The van der Waals surface area contributed by atoms with Gasteiger partial charge in [-0.3, -0.25) is 0 Å². The highest BCUT2D eigenvalue weighted by molar-refractivity contribution is 5.34. The molecular weight excluding hydrogens is 342 g/mol. The fourth-order valence-electron chi connectivity index (χ4n) is 2.55. The molecule has 0 saturated heterocycles. The highest BCUT2D eigenvalue weighted by Crippen LogP contribution is 2.22. The number of tetrazole rings is 1. The summed E-state index contributed by atoms with van der Waals surface area (Å²) in [7, 11) is 0. The molecule has 3 rings (SSSR count). The fourth-order valence-corrected chi connectivity index (χ4v) is 2.55. The minimum Gasteiger partial charge on any atom is -0.423 e. The molecule has 0 unspecified atom stereocenters. The highest BCUT2D eigenvalue weighted by atomic mass is 16.5. The van der Waals surface area contributed by atoms with Crippen LogP contribution in [0.2, 0.25) is 0 Å². The Morgan fingerprint density at radius 3 is 2.74 bits per heavy atom. The number of ether oxygens (including phenoxy) is 2. The lowest BCUT2D eigenvalue weighted by Gasteiger charge is -2.09. The Bertz CT molecular complexity index is 820. The minimum atomic E-state index is 0.284. The lowest BCUT2D eigenvalue weighted by molar-refractivity contribution is 0.0770. The van der Waals surface area contributed by atoms with Crippen LogP contribution in [0.25, 0.3) is 5.69 Å². The quantitative estimate of drug-likeness (QED) is 0.554. The van der Waals surface area contributed by atoms with Crippen LogP contribution < -0.4 is 10.1 Å². The summed E-state index contributed by atoms with van der Waals surface area (Å²) in [5.41, 5.74) is 1.98. The summed E-state index contributed by atoms with van der Waals surface area (Å²) in [6, 6.07) is 17.9. The number of benzene rings is 2. The first-order valence-corrected chi connectivity index (χ1v) is 9.15. The van der Waals surface area contributed by atoms with Crippen molar-refractivity contribution in [3.05, 3.63) is 60.2 Å². The lowest BCUT2D eigenvalue weighted by atomic mass is 10.2. The van der Waals surface area contributed by atoms with E-state index in [2.05, 4.69) is 26.9 Å². The normalized spacial score (nSPS) is 11.1. The van der Waals surface area contributed by atoms with Gasteiger partial charge in [-0.15, -0.1) is 0 Å². The summed E-state index contributed by atoms with van der Waals surface area (Å²) in [6.07, 6.45) is 1.27. The van der Waals surface area contributed by atoms with Crippen LogP contribution >= 0.6 is 0 Å². The molecule has 0 fully saturated rings. The zero-order valence-corrected chi connectivity index (χ0v) is 15.7. The van der Waals surface area contributed by atoms with E-state index in [4.69, 9.17) is 9.47 Å². The first-order chi connectivity index (χ1) is 13.2. The molecular formula is C20H25N5O2. The summed E-state index contributed by atoms with van der Waals surface area (Å²) in [6.45, 7) is 6.54. The molecule has 7 heteroatoms. The molecule has 0 aliphatic rings. The maximum absolute atomic E-state index is 5.89. The molecule has 142 valence electrons. The molecule has 7 nitrogen and oxygen atoms in total. The zero-order valence-electron chi connectivity index (χ0n) is 15.7. The molecule has 1 N–H and O–H groups in total. The third-order valence-corrected chi connectivity index (χ3v) is 3.83. The van der Waals surface area contributed by atoms with Gasteiger partial charge in [-0.25, -0.2) is 0 Å². The van der Waals surface area contributed by atoms with Crippen LogP contribution in [-0.2, 0) is 11.3 Å². The summed E-state index contributed by atoms with van der Waals surface area (Å²) in [4.78, 5) is 0. The SMILES string of the molecule is CC(C)OCCCNCc1cccc(Oc2nnnn2-c2ccccc2)c1. The van der Waals surface area contributed by atoms with Crippen molar-refractivity contribution in [3.8, 4) is 17.4 Å². The van der Waals surface area contributed by atoms with E-state index in [1.165, 1.54) is 0 Å². The molecule has 3 aromatic rings. The summed E-state index contributed by atoms with van der Waals surface area (Å²) < 4.78 is 13.0. The van der Waals surface area contributed by atoms with E-state index in [0.717, 1.165) is 37.4 Å². The number of aromatic nitrogens is 4. The van der Waals surface area contributed by atoms with Crippen molar-refractivity contribution in [3.63, 3.8) is 0 Å². The lowest BCUT2D eigenvalue weighted by Crippen LogP contribution is -2.17.